The predicted molar refractivity (Wildman–Crippen MR) is 95.9 cm³/mol. The molecule has 1 aromatic carbocycles. The van der Waals surface area contributed by atoms with Gasteiger partial charge in [0.15, 0.2) is 17.3 Å². The van der Waals surface area contributed by atoms with Gasteiger partial charge in [0.25, 0.3) is 0 Å². The maximum atomic E-state index is 11.8. The van der Waals surface area contributed by atoms with Crippen LogP contribution in [0.2, 0.25) is 0 Å². The molecule has 0 saturated heterocycles. The number of hydrogen-bond donors (Lipinski definition) is 0. The van der Waals surface area contributed by atoms with Gasteiger partial charge in [-0.05, 0) is 41.0 Å². The Morgan fingerprint density at radius 1 is 1.23 bits per heavy atom. The molecular formula is C17H22INO3. The third kappa shape index (κ3) is 4.15. The molecular weight excluding hydrogens is 393 g/mol. The van der Waals surface area contributed by atoms with E-state index in [1.165, 1.54) is 6.42 Å². The van der Waals surface area contributed by atoms with Crippen molar-refractivity contribution in [2.24, 2.45) is 0 Å². The standard InChI is InChI=1S/C17H22INO3/c1-21-16-6-5-13(11-17(16)22-2)15-12-14(20)7-10-19(15)9-4-3-8-18/h5-7,10-11,15H,3-4,8-9,12H2,1-2H3/t15-/m1/s1. The average molecular weight is 415 g/mol. The SMILES string of the molecule is COc1ccc([C@H]2CC(=O)C=CN2CCCCI)cc1OC. The van der Waals surface area contributed by atoms with Gasteiger partial charge in [0.2, 0.25) is 0 Å². The van der Waals surface area contributed by atoms with E-state index in [9.17, 15) is 4.79 Å². The number of unbranched alkanes of at least 4 members (excludes halogenated alkanes) is 1. The predicted octanol–water partition coefficient (Wildman–Crippen LogP) is 3.75. The van der Waals surface area contributed by atoms with Gasteiger partial charge in [-0.1, -0.05) is 28.7 Å². The van der Waals surface area contributed by atoms with Crippen molar-refractivity contribution in [1.82, 2.24) is 4.90 Å². The van der Waals surface area contributed by atoms with Gasteiger partial charge in [0.05, 0.1) is 20.3 Å². The van der Waals surface area contributed by atoms with E-state index in [-0.39, 0.29) is 11.8 Å². The summed E-state index contributed by atoms with van der Waals surface area (Å²) in [5.74, 6) is 1.58. The van der Waals surface area contributed by atoms with E-state index < -0.39 is 0 Å². The summed E-state index contributed by atoms with van der Waals surface area (Å²) < 4.78 is 11.8. The van der Waals surface area contributed by atoms with Crippen LogP contribution in [-0.4, -0.2) is 35.9 Å². The highest BCUT2D eigenvalue weighted by Crippen LogP contribution is 2.35. The Morgan fingerprint density at radius 2 is 2.00 bits per heavy atom. The number of benzene rings is 1. The van der Waals surface area contributed by atoms with Crippen LogP contribution >= 0.6 is 22.6 Å². The second kappa shape index (κ2) is 8.41. The lowest BCUT2D eigenvalue weighted by Crippen LogP contribution is -2.30. The van der Waals surface area contributed by atoms with E-state index in [2.05, 4.69) is 27.5 Å². The topological polar surface area (TPSA) is 38.8 Å². The Labute approximate surface area is 145 Å². The number of nitrogens with zero attached hydrogens (tertiary/aromatic N) is 1. The summed E-state index contributed by atoms with van der Waals surface area (Å²) in [5.41, 5.74) is 1.09. The molecule has 120 valence electrons. The molecule has 0 bridgehead atoms. The zero-order valence-electron chi connectivity index (χ0n) is 13.0. The first-order valence-corrected chi connectivity index (χ1v) is 8.96. The lowest BCUT2D eigenvalue weighted by atomic mass is 9.96. The fourth-order valence-electron chi connectivity index (χ4n) is 2.65. The molecule has 0 aromatic heterocycles. The molecule has 0 fully saturated rings. The van der Waals surface area contributed by atoms with Gasteiger partial charge in [-0.3, -0.25) is 4.79 Å². The number of carbonyl (C=O) groups excluding carboxylic acids is 1. The van der Waals surface area contributed by atoms with Crippen LogP contribution in [0.5, 0.6) is 11.5 Å². The van der Waals surface area contributed by atoms with Gasteiger partial charge in [-0.15, -0.1) is 0 Å². The van der Waals surface area contributed by atoms with E-state index in [0.717, 1.165) is 23.0 Å². The van der Waals surface area contributed by atoms with Crippen molar-refractivity contribution in [3.63, 3.8) is 0 Å². The molecule has 0 aliphatic carbocycles. The van der Waals surface area contributed by atoms with Crippen LogP contribution < -0.4 is 9.47 Å². The number of halogens is 1. The van der Waals surface area contributed by atoms with Crippen LogP contribution in [0.4, 0.5) is 0 Å². The number of hydrogen-bond acceptors (Lipinski definition) is 4. The van der Waals surface area contributed by atoms with E-state index >= 15 is 0 Å². The van der Waals surface area contributed by atoms with Gasteiger partial charge >= 0.3 is 0 Å². The molecule has 2 rings (SSSR count). The molecule has 0 amide bonds. The highest BCUT2D eigenvalue weighted by molar-refractivity contribution is 14.1. The van der Waals surface area contributed by atoms with Crippen LogP contribution in [0.1, 0.15) is 30.9 Å². The summed E-state index contributed by atoms with van der Waals surface area (Å²) in [5, 5.41) is 0. The molecule has 1 aliphatic heterocycles. The lowest BCUT2D eigenvalue weighted by Gasteiger charge is -2.33. The number of allylic oxidation sites excluding steroid dienone is 1. The largest absolute Gasteiger partial charge is 0.493 e. The molecule has 0 saturated carbocycles. The average Bonchev–Trinajstić information content (AvgIpc) is 2.55. The highest BCUT2D eigenvalue weighted by Gasteiger charge is 2.24. The minimum atomic E-state index is 0.0755. The molecule has 1 heterocycles. The lowest BCUT2D eigenvalue weighted by molar-refractivity contribution is -0.116. The number of carbonyl (C=O) groups is 1. The first kappa shape index (κ1) is 17.1. The Morgan fingerprint density at radius 3 is 2.68 bits per heavy atom. The smallest absolute Gasteiger partial charge is 0.161 e. The van der Waals surface area contributed by atoms with Gasteiger partial charge in [-0.25, -0.2) is 0 Å². The number of rotatable bonds is 7. The van der Waals surface area contributed by atoms with E-state index in [1.807, 2.05) is 24.4 Å². The van der Waals surface area contributed by atoms with E-state index in [1.54, 1.807) is 20.3 Å². The Bertz CT molecular complexity index is 545. The van der Waals surface area contributed by atoms with Crippen molar-refractivity contribution < 1.29 is 14.3 Å². The molecule has 22 heavy (non-hydrogen) atoms. The second-order valence-electron chi connectivity index (χ2n) is 5.25. The van der Waals surface area contributed by atoms with Crippen molar-refractivity contribution in [2.45, 2.75) is 25.3 Å². The van der Waals surface area contributed by atoms with Gasteiger partial charge in [0, 0.05) is 19.2 Å². The van der Waals surface area contributed by atoms with E-state index in [4.69, 9.17) is 9.47 Å². The Hall–Kier alpha value is -1.24. The van der Waals surface area contributed by atoms with Gasteiger partial charge in [0.1, 0.15) is 0 Å². The monoisotopic (exact) mass is 415 g/mol. The zero-order chi connectivity index (χ0) is 15.9. The first-order chi connectivity index (χ1) is 10.7. The molecule has 5 heteroatoms. The first-order valence-electron chi connectivity index (χ1n) is 7.44. The number of ether oxygens (including phenoxy) is 2. The molecule has 1 aliphatic rings. The fraction of sp³-hybridized carbons (Fsp3) is 0.471. The minimum Gasteiger partial charge on any atom is -0.493 e. The molecule has 0 radical (unpaired) electrons. The third-order valence-electron chi connectivity index (χ3n) is 3.84. The van der Waals surface area contributed by atoms with Crippen molar-refractivity contribution in [1.29, 1.82) is 0 Å². The number of methoxy groups -OCH3 is 2. The van der Waals surface area contributed by atoms with Crippen LogP contribution in [0.25, 0.3) is 0 Å². The molecule has 1 aromatic rings. The van der Waals surface area contributed by atoms with Crippen molar-refractivity contribution in [3.8, 4) is 11.5 Å². The Kier molecular flexibility index (Phi) is 6.54. The van der Waals surface area contributed by atoms with Crippen molar-refractivity contribution >= 4 is 28.4 Å². The quantitative estimate of drug-likeness (QED) is 0.386. The van der Waals surface area contributed by atoms with Crippen molar-refractivity contribution in [2.75, 3.05) is 25.2 Å². The summed E-state index contributed by atoms with van der Waals surface area (Å²) >= 11 is 2.40. The van der Waals surface area contributed by atoms with Gasteiger partial charge in [-0.2, -0.15) is 0 Å². The maximum Gasteiger partial charge on any atom is 0.161 e. The maximum absolute atomic E-state index is 11.8. The fourth-order valence-corrected chi connectivity index (χ4v) is 3.19. The number of ketones is 1. The van der Waals surface area contributed by atoms with Crippen molar-refractivity contribution in [3.05, 3.63) is 36.0 Å². The summed E-state index contributed by atoms with van der Waals surface area (Å²) in [7, 11) is 3.26. The van der Waals surface area contributed by atoms with Crippen LogP contribution in [0.15, 0.2) is 30.5 Å². The second-order valence-corrected chi connectivity index (χ2v) is 6.33. The molecule has 0 spiro atoms. The minimum absolute atomic E-state index is 0.0755. The van der Waals surface area contributed by atoms with Crippen LogP contribution in [-0.2, 0) is 4.79 Å². The number of alkyl halides is 1. The summed E-state index contributed by atoms with van der Waals surface area (Å²) in [4.78, 5) is 14.1. The summed E-state index contributed by atoms with van der Waals surface area (Å²) in [6, 6.07) is 5.97. The normalized spacial score (nSPS) is 17.7. The molecule has 1 atom stereocenters. The summed E-state index contributed by atoms with van der Waals surface area (Å²) in [6.07, 6.45) is 6.45. The third-order valence-corrected chi connectivity index (χ3v) is 4.60. The molecule has 0 unspecified atom stereocenters. The van der Waals surface area contributed by atoms with E-state index in [0.29, 0.717) is 17.9 Å². The van der Waals surface area contributed by atoms with Crippen LogP contribution in [0, 0.1) is 0 Å². The van der Waals surface area contributed by atoms with Gasteiger partial charge < -0.3 is 14.4 Å². The molecule has 4 nitrogen and oxygen atoms in total. The van der Waals surface area contributed by atoms with Crippen LogP contribution in [0.3, 0.4) is 0 Å². The zero-order valence-corrected chi connectivity index (χ0v) is 15.2. The highest BCUT2D eigenvalue weighted by atomic mass is 127. The summed E-state index contributed by atoms with van der Waals surface area (Å²) in [6.45, 7) is 0.964. The Balaban J connectivity index is 2.22. The molecule has 0 N–H and O–H groups in total.